The summed E-state index contributed by atoms with van der Waals surface area (Å²) in [6, 6.07) is 6.71. The zero-order valence-electron chi connectivity index (χ0n) is 12.1. The number of carbonyl (C=O) groups is 2. The molecule has 0 spiro atoms. The van der Waals surface area contributed by atoms with Gasteiger partial charge in [-0.1, -0.05) is 18.9 Å². The van der Waals surface area contributed by atoms with Crippen LogP contribution in [0.3, 0.4) is 0 Å². The van der Waals surface area contributed by atoms with Gasteiger partial charge in [-0.15, -0.1) is 12.4 Å². The summed E-state index contributed by atoms with van der Waals surface area (Å²) in [6.07, 6.45) is 4.03. The molecule has 116 valence electrons. The molecule has 4 N–H and O–H groups in total. The zero-order chi connectivity index (χ0) is 14.6. The summed E-state index contributed by atoms with van der Waals surface area (Å²) in [5, 5.41) is 5.60. The van der Waals surface area contributed by atoms with Crippen LogP contribution in [0.25, 0.3) is 0 Å². The molecule has 0 aromatic heterocycles. The number of nitrogens with one attached hydrogen (secondary N) is 2. The van der Waals surface area contributed by atoms with Crippen LogP contribution in [0.1, 0.15) is 46.4 Å². The fraction of sp³-hybridized carbons (Fsp3) is 0.467. The van der Waals surface area contributed by atoms with Gasteiger partial charge in [0.25, 0.3) is 11.8 Å². The van der Waals surface area contributed by atoms with Gasteiger partial charge in [0.05, 0.1) is 5.54 Å². The van der Waals surface area contributed by atoms with Gasteiger partial charge < -0.3 is 16.4 Å². The van der Waals surface area contributed by atoms with E-state index in [9.17, 15) is 9.59 Å². The highest BCUT2D eigenvalue weighted by Crippen LogP contribution is 2.28. The van der Waals surface area contributed by atoms with Crippen molar-refractivity contribution in [1.82, 2.24) is 10.6 Å². The Labute approximate surface area is 131 Å². The second-order valence-electron chi connectivity index (χ2n) is 5.31. The minimum atomic E-state index is -0.278. The molecule has 1 aromatic carbocycles. The molecule has 0 unspecified atom stereocenters. The molecule has 5 nitrogen and oxygen atoms in total. The number of nitrogens with two attached hydrogens (primary N) is 1. The quantitative estimate of drug-likeness (QED) is 0.787. The van der Waals surface area contributed by atoms with Crippen molar-refractivity contribution in [3.05, 3.63) is 35.4 Å². The Kier molecular flexibility index (Phi) is 6.18. The van der Waals surface area contributed by atoms with Crippen LogP contribution < -0.4 is 16.4 Å². The standard InChI is InChI=1S/C15H21N3O2.ClH/c1-17-13(19)11-5-4-6-12(9-11)14(20)18-15(10-16)7-2-3-8-15;/h4-6,9H,2-3,7-8,10,16H2,1H3,(H,17,19)(H,18,20);1H. The lowest BCUT2D eigenvalue weighted by Crippen LogP contribution is -2.51. The third kappa shape index (κ3) is 3.95. The van der Waals surface area contributed by atoms with Crippen molar-refractivity contribution < 1.29 is 9.59 Å². The van der Waals surface area contributed by atoms with E-state index in [1.54, 1.807) is 31.3 Å². The van der Waals surface area contributed by atoms with Crippen LogP contribution in [0.15, 0.2) is 24.3 Å². The van der Waals surface area contributed by atoms with Crippen molar-refractivity contribution in [2.24, 2.45) is 5.73 Å². The van der Waals surface area contributed by atoms with Gasteiger partial charge in [-0.2, -0.15) is 0 Å². The summed E-state index contributed by atoms with van der Waals surface area (Å²) in [5.74, 6) is -0.364. The van der Waals surface area contributed by atoms with Gasteiger partial charge in [0.1, 0.15) is 0 Å². The summed E-state index contributed by atoms with van der Waals surface area (Å²) in [7, 11) is 1.57. The Morgan fingerprint density at radius 3 is 2.29 bits per heavy atom. The van der Waals surface area contributed by atoms with Crippen molar-refractivity contribution >= 4 is 24.2 Å². The molecule has 1 aliphatic rings. The Morgan fingerprint density at radius 2 is 1.76 bits per heavy atom. The minimum Gasteiger partial charge on any atom is -0.355 e. The van der Waals surface area contributed by atoms with Gasteiger partial charge in [-0.25, -0.2) is 0 Å². The molecule has 0 atom stereocenters. The summed E-state index contributed by atoms with van der Waals surface area (Å²) in [6.45, 7) is 0.452. The maximum absolute atomic E-state index is 12.3. The molecule has 1 aliphatic carbocycles. The van der Waals surface area contributed by atoms with E-state index < -0.39 is 0 Å². The van der Waals surface area contributed by atoms with Crippen molar-refractivity contribution in [2.45, 2.75) is 31.2 Å². The van der Waals surface area contributed by atoms with Crippen LogP contribution in [0.2, 0.25) is 0 Å². The highest BCUT2D eigenvalue weighted by atomic mass is 35.5. The largest absolute Gasteiger partial charge is 0.355 e. The molecule has 2 rings (SSSR count). The number of carbonyl (C=O) groups excluding carboxylic acids is 2. The van der Waals surface area contributed by atoms with E-state index in [4.69, 9.17) is 5.73 Å². The number of rotatable bonds is 4. The molecule has 1 aromatic rings. The zero-order valence-corrected chi connectivity index (χ0v) is 13.0. The molecule has 0 radical (unpaired) electrons. The summed E-state index contributed by atoms with van der Waals surface area (Å²) < 4.78 is 0. The molecule has 0 saturated heterocycles. The van der Waals surface area contributed by atoms with Crippen molar-refractivity contribution in [2.75, 3.05) is 13.6 Å². The lowest BCUT2D eigenvalue weighted by molar-refractivity contribution is 0.0903. The molecule has 6 heteroatoms. The van der Waals surface area contributed by atoms with Crippen LogP contribution in [-0.2, 0) is 0 Å². The smallest absolute Gasteiger partial charge is 0.251 e. The van der Waals surface area contributed by atoms with Crippen LogP contribution in [0, 0.1) is 0 Å². The maximum atomic E-state index is 12.3. The molecule has 0 aliphatic heterocycles. The van der Waals surface area contributed by atoms with Gasteiger partial charge in [0.2, 0.25) is 0 Å². The van der Waals surface area contributed by atoms with Crippen molar-refractivity contribution in [1.29, 1.82) is 0 Å². The van der Waals surface area contributed by atoms with Gasteiger partial charge in [0, 0.05) is 24.7 Å². The second kappa shape index (κ2) is 7.43. The molecular weight excluding hydrogens is 290 g/mol. The Balaban J connectivity index is 0.00000220. The van der Waals surface area contributed by atoms with Crippen LogP contribution >= 0.6 is 12.4 Å². The van der Waals surface area contributed by atoms with E-state index in [2.05, 4.69) is 10.6 Å². The van der Waals surface area contributed by atoms with Crippen molar-refractivity contribution in [3.63, 3.8) is 0 Å². The lowest BCUT2D eigenvalue weighted by atomic mass is 9.97. The van der Waals surface area contributed by atoms with Gasteiger partial charge in [-0.05, 0) is 31.0 Å². The Morgan fingerprint density at radius 1 is 1.19 bits per heavy atom. The molecule has 1 saturated carbocycles. The second-order valence-corrected chi connectivity index (χ2v) is 5.31. The van der Waals surface area contributed by atoms with E-state index in [0.717, 1.165) is 25.7 Å². The van der Waals surface area contributed by atoms with Gasteiger partial charge >= 0.3 is 0 Å². The van der Waals surface area contributed by atoms with E-state index >= 15 is 0 Å². The fourth-order valence-corrected chi connectivity index (χ4v) is 2.69. The molecule has 0 heterocycles. The summed E-state index contributed by atoms with van der Waals surface area (Å²) in [5.41, 5.74) is 6.51. The Bertz CT molecular complexity index is 513. The first-order chi connectivity index (χ1) is 9.60. The normalized spacial score (nSPS) is 15.9. The summed E-state index contributed by atoms with van der Waals surface area (Å²) in [4.78, 5) is 23.9. The number of halogens is 1. The number of amides is 2. The molecule has 2 amide bonds. The monoisotopic (exact) mass is 311 g/mol. The predicted molar refractivity (Wildman–Crippen MR) is 84.8 cm³/mol. The summed E-state index contributed by atoms with van der Waals surface area (Å²) >= 11 is 0. The molecular formula is C15H22ClN3O2. The van der Waals surface area contributed by atoms with E-state index in [-0.39, 0.29) is 29.8 Å². The minimum absolute atomic E-state index is 0. The lowest BCUT2D eigenvalue weighted by Gasteiger charge is -2.28. The number of hydrogen-bond acceptors (Lipinski definition) is 3. The fourth-order valence-electron chi connectivity index (χ4n) is 2.69. The van der Waals surface area contributed by atoms with E-state index in [1.165, 1.54) is 0 Å². The first-order valence-electron chi connectivity index (χ1n) is 6.95. The first-order valence-corrected chi connectivity index (χ1v) is 6.95. The van der Waals surface area contributed by atoms with Gasteiger partial charge in [0.15, 0.2) is 0 Å². The van der Waals surface area contributed by atoms with E-state index in [0.29, 0.717) is 17.7 Å². The molecule has 21 heavy (non-hydrogen) atoms. The predicted octanol–water partition coefficient (Wildman–Crippen LogP) is 1.47. The average molecular weight is 312 g/mol. The molecule has 1 fully saturated rings. The average Bonchev–Trinajstić information content (AvgIpc) is 2.95. The topological polar surface area (TPSA) is 84.2 Å². The third-order valence-electron chi connectivity index (χ3n) is 3.94. The number of hydrogen-bond donors (Lipinski definition) is 3. The SMILES string of the molecule is CNC(=O)c1cccc(C(=O)NC2(CN)CCCC2)c1.Cl. The van der Waals surface area contributed by atoms with Crippen LogP contribution in [0.4, 0.5) is 0 Å². The van der Waals surface area contributed by atoms with Crippen molar-refractivity contribution in [3.8, 4) is 0 Å². The first kappa shape index (κ1) is 17.5. The molecule has 0 bridgehead atoms. The van der Waals surface area contributed by atoms with Gasteiger partial charge in [-0.3, -0.25) is 9.59 Å². The number of benzene rings is 1. The maximum Gasteiger partial charge on any atom is 0.251 e. The highest BCUT2D eigenvalue weighted by Gasteiger charge is 2.34. The Hall–Kier alpha value is -1.59. The van der Waals surface area contributed by atoms with Crippen LogP contribution in [0.5, 0.6) is 0 Å². The highest BCUT2D eigenvalue weighted by molar-refractivity contribution is 5.99. The third-order valence-corrected chi connectivity index (χ3v) is 3.94. The van der Waals surface area contributed by atoms with Crippen LogP contribution in [-0.4, -0.2) is 30.9 Å². The van der Waals surface area contributed by atoms with E-state index in [1.807, 2.05) is 0 Å².